The van der Waals surface area contributed by atoms with Gasteiger partial charge in [0.15, 0.2) is 11.0 Å². The molecule has 0 radical (unpaired) electrons. The molecule has 1 unspecified atom stereocenters. The summed E-state index contributed by atoms with van der Waals surface area (Å²) in [6.45, 7) is 2.35. The van der Waals surface area contributed by atoms with E-state index in [0.29, 0.717) is 17.5 Å². The number of thiophene rings is 1. The first-order valence-electron chi connectivity index (χ1n) is 9.35. The maximum absolute atomic E-state index is 13.4. The Labute approximate surface area is 182 Å². The minimum absolute atomic E-state index is 0.0701. The fraction of sp³-hybridized carbons (Fsp3) is 0.136. The van der Waals surface area contributed by atoms with Crippen LogP contribution in [0.15, 0.2) is 77.3 Å². The molecule has 5 nitrogen and oxygen atoms in total. The van der Waals surface area contributed by atoms with Crippen molar-refractivity contribution < 1.29 is 9.18 Å². The Kier molecular flexibility index (Phi) is 6.25. The van der Waals surface area contributed by atoms with Crippen molar-refractivity contribution in [3.05, 3.63) is 82.8 Å². The summed E-state index contributed by atoms with van der Waals surface area (Å²) < 4.78 is 15.3. The van der Waals surface area contributed by atoms with Crippen molar-refractivity contribution in [2.75, 3.05) is 0 Å². The number of carbonyl (C=O) groups is 1. The van der Waals surface area contributed by atoms with Crippen LogP contribution in [0.3, 0.4) is 0 Å². The molecule has 8 heteroatoms. The molecule has 1 amide bonds. The monoisotopic (exact) mass is 438 g/mol. The average molecular weight is 439 g/mol. The van der Waals surface area contributed by atoms with E-state index in [2.05, 4.69) is 15.5 Å². The molecule has 2 heterocycles. The standard InChI is InChI=1S/C22H19FN4OS2/c1-15(21(28)24-14-19-8-5-13-29-19)30-22-26-25-20(16-9-11-17(23)12-10-16)27(22)18-6-3-2-4-7-18/h2-13,15H,14H2,1H3,(H,24,28). The minimum atomic E-state index is -0.363. The third-order valence-electron chi connectivity index (χ3n) is 4.42. The molecule has 152 valence electrons. The smallest absolute Gasteiger partial charge is 0.233 e. The van der Waals surface area contributed by atoms with Gasteiger partial charge in [-0.15, -0.1) is 21.5 Å². The summed E-state index contributed by atoms with van der Waals surface area (Å²) in [7, 11) is 0. The molecule has 0 aliphatic rings. The van der Waals surface area contributed by atoms with Gasteiger partial charge >= 0.3 is 0 Å². The van der Waals surface area contributed by atoms with Gasteiger partial charge in [0.2, 0.25) is 5.91 Å². The van der Waals surface area contributed by atoms with Gasteiger partial charge in [-0.2, -0.15) is 0 Å². The van der Waals surface area contributed by atoms with Crippen LogP contribution in [0.4, 0.5) is 4.39 Å². The van der Waals surface area contributed by atoms with Crippen molar-refractivity contribution in [3.8, 4) is 17.1 Å². The van der Waals surface area contributed by atoms with Gasteiger partial charge in [-0.1, -0.05) is 36.0 Å². The van der Waals surface area contributed by atoms with Crippen LogP contribution in [0, 0.1) is 5.82 Å². The minimum Gasteiger partial charge on any atom is -0.350 e. The Bertz CT molecular complexity index is 1110. The maximum atomic E-state index is 13.4. The number of hydrogen-bond acceptors (Lipinski definition) is 5. The van der Waals surface area contributed by atoms with Crippen LogP contribution in [0.25, 0.3) is 17.1 Å². The van der Waals surface area contributed by atoms with Crippen molar-refractivity contribution >= 4 is 29.0 Å². The molecule has 1 atom stereocenters. The van der Waals surface area contributed by atoms with Gasteiger partial charge in [0.1, 0.15) is 5.82 Å². The maximum Gasteiger partial charge on any atom is 0.233 e. The molecule has 0 bridgehead atoms. The van der Waals surface area contributed by atoms with Crippen LogP contribution >= 0.6 is 23.1 Å². The van der Waals surface area contributed by atoms with Crippen LogP contribution in [0.2, 0.25) is 0 Å². The van der Waals surface area contributed by atoms with Gasteiger partial charge in [-0.05, 0) is 54.8 Å². The van der Waals surface area contributed by atoms with Crippen molar-refractivity contribution in [2.24, 2.45) is 0 Å². The number of thioether (sulfide) groups is 1. The van der Waals surface area contributed by atoms with Crippen molar-refractivity contribution in [1.82, 2.24) is 20.1 Å². The van der Waals surface area contributed by atoms with Gasteiger partial charge < -0.3 is 5.32 Å². The number of rotatable bonds is 7. The van der Waals surface area contributed by atoms with Crippen molar-refractivity contribution in [2.45, 2.75) is 23.9 Å². The normalized spacial score (nSPS) is 11.9. The van der Waals surface area contributed by atoms with Gasteiger partial charge in [0, 0.05) is 16.1 Å². The summed E-state index contributed by atoms with van der Waals surface area (Å²) in [6, 6.07) is 19.8. The van der Waals surface area contributed by atoms with Crippen LogP contribution in [-0.2, 0) is 11.3 Å². The molecular formula is C22H19FN4OS2. The number of amides is 1. The summed E-state index contributed by atoms with van der Waals surface area (Å²) in [5.41, 5.74) is 1.62. The highest BCUT2D eigenvalue weighted by Crippen LogP contribution is 2.30. The zero-order chi connectivity index (χ0) is 20.9. The van der Waals surface area contributed by atoms with E-state index < -0.39 is 0 Å². The molecule has 0 spiro atoms. The SMILES string of the molecule is CC(Sc1nnc(-c2ccc(F)cc2)n1-c1ccccc1)C(=O)NCc1cccs1. The summed E-state index contributed by atoms with van der Waals surface area (Å²) >= 11 is 2.94. The number of aromatic nitrogens is 3. The quantitative estimate of drug-likeness (QED) is 0.416. The van der Waals surface area contributed by atoms with Gasteiger partial charge in [0.05, 0.1) is 11.8 Å². The number of para-hydroxylation sites is 1. The van der Waals surface area contributed by atoms with Crippen LogP contribution < -0.4 is 5.32 Å². The van der Waals surface area contributed by atoms with E-state index in [9.17, 15) is 9.18 Å². The van der Waals surface area contributed by atoms with Crippen LogP contribution in [0.1, 0.15) is 11.8 Å². The predicted octanol–water partition coefficient (Wildman–Crippen LogP) is 4.93. The number of carbonyl (C=O) groups excluding carboxylic acids is 1. The second-order valence-electron chi connectivity index (χ2n) is 6.54. The zero-order valence-electron chi connectivity index (χ0n) is 16.2. The lowest BCUT2D eigenvalue weighted by Crippen LogP contribution is -2.30. The van der Waals surface area contributed by atoms with E-state index in [1.165, 1.54) is 23.9 Å². The number of nitrogens with zero attached hydrogens (tertiary/aromatic N) is 3. The molecule has 4 rings (SSSR count). The second kappa shape index (κ2) is 9.23. The van der Waals surface area contributed by atoms with E-state index in [4.69, 9.17) is 0 Å². The van der Waals surface area contributed by atoms with E-state index >= 15 is 0 Å². The fourth-order valence-corrected chi connectivity index (χ4v) is 4.42. The Morgan fingerprint density at radius 2 is 1.87 bits per heavy atom. The molecule has 1 N–H and O–H groups in total. The molecule has 0 fully saturated rings. The largest absolute Gasteiger partial charge is 0.350 e. The predicted molar refractivity (Wildman–Crippen MR) is 118 cm³/mol. The molecular weight excluding hydrogens is 419 g/mol. The Morgan fingerprint density at radius 1 is 1.10 bits per heavy atom. The van der Waals surface area contributed by atoms with Crippen molar-refractivity contribution in [1.29, 1.82) is 0 Å². The third kappa shape index (κ3) is 4.60. The summed E-state index contributed by atoms with van der Waals surface area (Å²) in [5, 5.41) is 13.8. The fourth-order valence-electron chi connectivity index (χ4n) is 2.88. The Hall–Kier alpha value is -2.97. The lowest BCUT2D eigenvalue weighted by molar-refractivity contribution is -0.120. The number of benzene rings is 2. The molecule has 0 saturated heterocycles. The molecule has 30 heavy (non-hydrogen) atoms. The van der Waals surface area contributed by atoms with Crippen LogP contribution in [0.5, 0.6) is 0 Å². The molecule has 2 aromatic carbocycles. The summed E-state index contributed by atoms with van der Waals surface area (Å²) in [4.78, 5) is 13.7. The highest BCUT2D eigenvalue weighted by molar-refractivity contribution is 8.00. The lowest BCUT2D eigenvalue weighted by Gasteiger charge is -2.14. The number of hydrogen-bond donors (Lipinski definition) is 1. The van der Waals surface area contributed by atoms with Gasteiger partial charge in [-0.25, -0.2) is 4.39 Å². The summed E-state index contributed by atoms with van der Waals surface area (Å²) in [5.74, 6) is 0.212. The Morgan fingerprint density at radius 3 is 2.57 bits per heavy atom. The first-order valence-corrected chi connectivity index (χ1v) is 11.1. The Balaban J connectivity index is 1.59. The highest BCUT2D eigenvalue weighted by Gasteiger charge is 2.21. The average Bonchev–Trinajstić information content (AvgIpc) is 3.43. The zero-order valence-corrected chi connectivity index (χ0v) is 17.8. The van der Waals surface area contributed by atoms with E-state index in [-0.39, 0.29) is 17.0 Å². The van der Waals surface area contributed by atoms with Gasteiger partial charge in [-0.3, -0.25) is 9.36 Å². The lowest BCUT2D eigenvalue weighted by atomic mass is 10.2. The number of nitrogens with one attached hydrogen (secondary N) is 1. The molecule has 4 aromatic rings. The topological polar surface area (TPSA) is 59.8 Å². The highest BCUT2D eigenvalue weighted by atomic mass is 32.2. The number of halogens is 1. The van der Waals surface area contributed by atoms with Crippen molar-refractivity contribution in [3.63, 3.8) is 0 Å². The molecule has 0 aliphatic carbocycles. The van der Waals surface area contributed by atoms with E-state index in [1.54, 1.807) is 23.5 Å². The molecule has 2 aromatic heterocycles. The van der Waals surface area contributed by atoms with E-state index in [0.717, 1.165) is 16.1 Å². The molecule has 0 aliphatic heterocycles. The molecule has 0 saturated carbocycles. The van der Waals surface area contributed by atoms with Crippen LogP contribution in [-0.4, -0.2) is 25.9 Å². The first kappa shape index (κ1) is 20.3. The second-order valence-corrected chi connectivity index (χ2v) is 8.88. The third-order valence-corrected chi connectivity index (χ3v) is 6.34. The first-order chi connectivity index (χ1) is 14.6. The van der Waals surface area contributed by atoms with Gasteiger partial charge in [0.25, 0.3) is 0 Å². The van der Waals surface area contributed by atoms with E-state index in [1.807, 2.05) is 59.3 Å². The summed E-state index contributed by atoms with van der Waals surface area (Å²) in [6.07, 6.45) is 0.